The number of esters is 2. The molecule has 0 saturated heterocycles. The lowest BCUT2D eigenvalue weighted by molar-refractivity contribution is -0.134. The molecule has 7 nitrogen and oxygen atoms in total. The molecule has 8 heteroatoms. The van der Waals surface area contributed by atoms with Crippen molar-refractivity contribution in [3.63, 3.8) is 0 Å². The van der Waals surface area contributed by atoms with E-state index in [4.69, 9.17) is 21.1 Å². The molecule has 1 amide bonds. The number of carbonyl (C=O) groups excluding carboxylic acids is 3. The molecule has 0 aliphatic heterocycles. The molecule has 0 heterocycles. The van der Waals surface area contributed by atoms with Crippen molar-refractivity contribution in [2.24, 2.45) is 5.10 Å². The van der Waals surface area contributed by atoms with Gasteiger partial charge in [-0.3, -0.25) is 14.4 Å². The quantitative estimate of drug-likeness (QED) is 0.329. The van der Waals surface area contributed by atoms with Crippen LogP contribution in [0.3, 0.4) is 0 Å². The van der Waals surface area contributed by atoms with Crippen LogP contribution in [-0.4, -0.2) is 24.1 Å². The predicted octanol–water partition coefficient (Wildman–Crippen LogP) is 3.73. The molecular weight excluding hydrogens is 384 g/mol. The minimum Gasteiger partial charge on any atom is -0.426 e. The van der Waals surface area contributed by atoms with Crippen LogP contribution in [0, 0.1) is 0 Å². The van der Waals surface area contributed by atoms with Gasteiger partial charge in [-0.05, 0) is 36.4 Å². The number of rotatable bonds is 7. The average molecular weight is 403 g/mol. The van der Waals surface area contributed by atoms with Crippen LogP contribution in [0.1, 0.15) is 42.6 Å². The summed E-state index contributed by atoms with van der Waals surface area (Å²) in [7, 11) is 0. The molecule has 2 aromatic carbocycles. The Kier molecular flexibility index (Phi) is 7.71. The largest absolute Gasteiger partial charge is 0.426 e. The van der Waals surface area contributed by atoms with Gasteiger partial charge in [0.2, 0.25) is 0 Å². The second-order valence-corrected chi connectivity index (χ2v) is 6.00. The smallest absolute Gasteiger partial charge is 0.310 e. The second-order valence-electron chi connectivity index (χ2n) is 5.56. The second kappa shape index (κ2) is 10.2. The van der Waals surface area contributed by atoms with Crippen molar-refractivity contribution in [1.82, 2.24) is 5.43 Å². The highest BCUT2D eigenvalue weighted by molar-refractivity contribution is 6.30. The zero-order valence-corrected chi connectivity index (χ0v) is 16.2. The van der Waals surface area contributed by atoms with Gasteiger partial charge in [0, 0.05) is 35.1 Å². The zero-order chi connectivity index (χ0) is 20.5. The maximum atomic E-state index is 12.1. The Morgan fingerprint density at radius 2 is 1.64 bits per heavy atom. The van der Waals surface area contributed by atoms with E-state index in [2.05, 4.69) is 10.5 Å². The summed E-state index contributed by atoms with van der Waals surface area (Å²) in [4.78, 5) is 35.2. The van der Waals surface area contributed by atoms with Crippen molar-refractivity contribution in [3.8, 4) is 11.5 Å². The van der Waals surface area contributed by atoms with Gasteiger partial charge in [0.15, 0.2) is 0 Å². The summed E-state index contributed by atoms with van der Waals surface area (Å²) < 4.78 is 10.4. The van der Waals surface area contributed by atoms with Gasteiger partial charge in [0.05, 0.1) is 6.21 Å². The number of hydrazone groups is 1. The number of hydrogen-bond acceptors (Lipinski definition) is 6. The number of hydrogen-bond donors (Lipinski definition) is 1. The van der Waals surface area contributed by atoms with E-state index in [1.807, 2.05) is 0 Å². The summed E-state index contributed by atoms with van der Waals surface area (Å²) in [6.45, 7) is 3.33. The Labute approximate surface area is 167 Å². The molecule has 146 valence electrons. The minimum absolute atomic E-state index is 0.165. The van der Waals surface area contributed by atoms with Gasteiger partial charge >= 0.3 is 11.9 Å². The number of nitrogens with zero attached hydrogens (tertiary/aromatic N) is 1. The molecule has 0 aromatic heterocycles. The van der Waals surface area contributed by atoms with Crippen molar-refractivity contribution in [1.29, 1.82) is 0 Å². The number of halogens is 1. The summed E-state index contributed by atoms with van der Waals surface area (Å²) in [5.74, 6) is -0.886. The van der Waals surface area contributed by atoms with E-state index in [9.17, 15) is 14.4 Å². The van der Waals surface area contributed by atoms with E-state index in [1.54, 1.807) is 50.2 Å². The standard InChI is InChI=1S/C20H19ClN2O5/c1-3-18(24)27-16-10-7-14(17(11-16)28-19(25)4-2)12-22-23-20(26)13-5-8-15(21)9-6-13/h5-12H,3-4H2,1-2H3,(H,23,26). The maximum Gasteiger partial charge on any atom is 0.310 e. The first-order valence-corrected chi connectivity index (χ1v) is 8.95. The molecule has 0 unspecified atom stereocenters. The summed E-state index contributed by atoms with van der Waals surface area (Å²) >= 11 is 5.79. The minimum atomic E-state index is -0.459. The predicted molar refractivity (Wildman–Crippen MR) is 105 cm³/mol. The van der Waals surface area contributed by atoms with Crippen molar-refractivity contribution >= 4 is 35.7 Å². The highest BCUT2D eigenvalue weighted by Gasteiger charge is 2.11. The van der Waals surface area contributed by atoms with E-state index in [1.165, 1.54) is 12.3 Å². The lowest BCUT2D eigenvalue weighted by atomic mass is 10.2. The van der Waals surface area contributed by atoms with Crippen molar-refractivity contribution in [2.45, 2.75) is 26.7 Å². The van der Waals surface area contributed by atoms with Gasteiger partial charge in [-0.25, -0.2) is 5.43 Å². The SMILES string of the molecule is CCC(=O)Oc1ccc(C=NNC(=O)c2ccc(Cl)cc2)c(OC(=O)CC)c1. The van der Waals surface area contributed by atoms with Crippen molar-refractivity contribution in [2.75, 3.05) is 0 Å². The topological polar surface area (TPSA) is 94.1 Å². The fourth-order valence-corrected chi connectivity index (χ4v) is 2.12. The van der Waals surface area contributed by atoms with Crippen LogP contribution < -0.4 is 14.9 Å². The molecule has 0 fully saturated rings. The van der Waals surface area contributed by atoms with Crippen molar-refractivity contribution < 1.29 is 23.9 Å². The lowest BCUT2D eigenvalue weighted by Gasteiger charge is -2.09. The third-order valence-corrected chi connectivity index (χ3v) is 3.75. The molecule has 0 aliphatic carbocycles. The molecule has 28 heavy (non-hydrogen) atoms. The fourth-order valence-electron chi connectivity index (χ4n) is 2.00. The average Bonchev–Trinajstić information content (AvgIpc) is 2.69. The van der Waals surface area contributed by atoms with Crippen LogP contribution in [-0.2, 0) is 9.59 Å². The third-order valence-electron chi connectivity index (χ3n) is 3.49. The monoisotopic (exact) mass is 402 g/mol. The van der Waals surface area contributed by atoms with Gasteiger partial charge < -0.3 is 9.47 Å². The van der Waals surface area contributed by atoms with E-state index >= 15 is 0 Å². The zero-order valence-electron chi connectivity index (χ0n) is 15.4. The normalized spacial score (nSPS) is 10.5. The number of ether oxygens (including phenoxy) is 2. The van der Waals surface area contributed by atoms with Crippen LogP contribution in [0.25, 0.3) is 0 Å². The van der Waals surface area contributed by atoms with E-state index in [0.29, 0.717) is 16.1 Å². The lowest BCUT2D eigenvalue weighted by Crippen LogP contribution is -2.17. The summed E-state index contributed by atoms with van der Waals surface area (Å²) in [6.07, 6.45) is 1.71. The maximum absolute atomic E-state index is 12.1. The van der Waals surface area contributed by atoms with Crippen LogP contribution in [0.15, 0.2) is 47.6 Å². The van der Waals surface area contributed by atoms with E-state index < -0.39 is 17.8 Å². The summed E-state index contributed by atoms with van der Waals surface area (Å²) in [6, 6.07) is 10.9. The van der Waals surface area contributed by atoms with Gasteiger partial charge in [-0.1, -0.05) is 25.4 Å². The van der Waals surface area contributed by atoms with Gasteiger partial charge in [-0.2, -0.15) is 5.10 Å². The number of carbonyl (C=O) groups is 3. The number of benzene rings is 2. The molecule has 0 aliphatic rings. The molecule has 2 rings (SSSR count). The molecule has 0 spiro atoms. The first-order chi connectivity index (χ1) is 13.4. The Morgan fingerprint density at radius 1 is 1.00 bits per heavy atom. The van der Waals surface area contributed by atoms with Gasteiger partial charge in [0.1, 0.15) is 11.5 Å². The highest BCUT2D eigenvalue weighted by Crippen LogP contribution is 2.24. The first kappa shape index (κ1) is 21.1. The molecular formula is C20H19ClN2O5. The molecule has 0 bridgehead atoms. The van der Waals surface area contributed by atoms with Crippen LogP contribution >= 0.6 is 11.6 Å². The van der Waals surface area contributed by atoms with Gasteiger partial charge in [0.25, 0.3) is 5.91 Å². The fraction of sp³-hybridized carbons (Fsp3) is 0.200. The Hall–Kier alpha value is -3.19. The number of amides is 1. The molecule has 2 aromatic rings. The third kappa shape index (κ3) is 6.21. The van der Waals surface area contributed by atoms with Crippen LogP contribution in [0.5, 0.6) is 11.5 Å². The van der Waals surface area contributed by atoms with Crippen LogP contribution in [0.4, 0.5) is 0 Å². The summed E-state index contributed by atoms with van der Waals surface area (Å²) in [5, 5.41) is 4.40. The van der Waals surface area contributed by atoms with Crippen molar-refractivity contribution in [3.05, 3.63) is 58.6 Å². The van der Waals surface area contributed by atoms with E-state index in [-0.39, 0.29) is 24.3 Å². The van der Waals surface area contributed by atoms with Crippen LogP contribution in [0.2, 0.25) is 5.02 Å². The first-order valence-electron chi connectivity index (χ1n) is 8.57. The molecule has 0 radical (unpaired) electrons. The number of nitrogens with one attached hydrogen (secondary N) is 1. The van der Waals surface area contributed by atoms with E-state index in [0.717, 1.165) is 0 Å². The Bertz CT molecular complexity index is 894. The molecule has 0 atom stereocenters. The van der Waals surface area contributed by atoms with Gasteiger partial charge in [-0.15, -0.1) is 0 Å². The highest BCUT2D eigenvalue weighted by atomic mass is 35.5. The Balaban J connectivity index is 2.16. The summed E-state index contributed by atoms with van der Waals surface area (Å²) in [5.41, 5.74) is 3.19. The molecule has 1 N–H and O–H groups in total. The molecule has 0 saturated carbocycles. The Morgan fingerprint density at radius 3 is 2.29 bits per heavy atom.